The SMILES string of the molecule is CCN(C(=O)CN1CCCOC1=O)C1CCS(=O)(=O)C1. The van der Waals surface area contributed by atoms with Crippen molar-refractivity contribution in [3.8, 4) is 0 Å². The quantitative estimate of drug-likeness (QED) is 0.722. The Kier molecular flexibility index (Phi) is 4.52. The third-order valence-electron chi connectivity index (χ3n) is 3.69. The van der Waals surface area contributed by atoms with E-state index in [-0.39, 0.29) is 30.0 Å². The summed E-state index contributed by atoms with van der Waals surface area (Å²) in [6, 6.07) is -0.265. The molecule has 2 saturated heterocycles. The second-order valence-electron chi connectivity index (χ2n) is 5.13. The van der Waals surface area contributed by atoms with Crippen LogP contribution in [0.5, 0.6) is 0 Å². The minimum atomic E-state index is -3.03. The summed E-state index contributed by atoms with van der Waals surface area (Å²) in [5.74, 6) is -0.0574. The van der Waals surface area contributed by atoms with E-state index in [2.05, 4.69) is 0 Å². The molecule has 1 atom stereocenters. The van der Waals surface area contributed by atoms with E-state index in [0.717, 1.165) is 0 Å². The van der Waals surface area contributed by atoms with Gasteiger partial charge in [-0.2, -0.15) is 0 Å². The molecule has 0 radical (unpaired) electrons. The van der Waals surface area contributed by atoms with Crippen molar-refractivity contribution in [3.63, 3.8) is 0 Å². The Morgan fingerprint density at radius 3 is 2.80 bits per heavy atom. The minimum Gasteiger partial charge on any atom is -0.449 e. The fourth-order valence-electron chi connectivity index (χ4n) is 2.65. The monoisotopic (exact) mass is 304 g/mol. The molecule has 7 nitrogen and oxygen atoms in total. The molecule has 114 valence electrons. The number of nitrogens with zero attached hydrogens (tertiary/aromatic N) is 2. The Labute approximate surface area is 118 Å². The van der Waals surface area contributed by atoms with Crippen LogP contribution in [0.25, 0.3) is 0 Å². The number of hydrogen-bond donors (Lipinski definition) is 0. The molecule has 0 aromatic heterocycles. The Morgan fingerprint density at radius 2 is 2.25 bits per heavy atom. The molecule has 0 spiro atoms. The summed E-state index contributed by atoms with van der Waals surface area (Å²) in [6.45, 7) is 3.12. The van der Waals surface area contributed by atoms with Crippen LogP contribution in [-0.2, 0) is 19.4 Å². The highest BCUT2D eigenvalue weighted by Gasteiger charge is 2.35. The molecule has 2 rings (SSSR count). The summed E-state index contributed by atoms with van der Waals surface area (Å²) in [7, 11) is -3.03. The van der Waals surface area contributed by atoms with Gasteiger partial charge in [-0.25, -0.2) is 13.2 Å². The number of amides is 2. The highest BCUT2D eigenvalue weighted by molar-refractivity contribution is 7.91. The topological polar surface area (TPSA) is 84.0 Å². The molecule has 2 aliphatic heterocycles. The molecule has 0 bridgehead atoms. The molecule has 0 N–H and O–H groups in total. The average Bonchev–Trinajstić information content (AvgIpc) is 2.73. The van der Waals surface area contributed by atoms with Crippen LogP contribution in [0.2, 0.25) is 0 Å². The lowest BCUT2D eigenvalue weighted by atomic mass is 10.2. The number of rotatable bonds is 4. The Bertz CT molecular complexity index is 490. The predicted octanol–water partition coefficient (Wildman–Crippen LogP) is -0.136. The van der Waals surface area contributed by atoms with Crippen LogP contribution in [0.15, 0.2) is 0 Å². The van der Waals surface area contributed by atoms with Crippen molar-refractivity contribution in [1.29, 1.82) is 0 Å². The second kappa shape index (κ2) is 5.99. The fraction of sp³-hybridized carbons (Fsp3) is 0.833. The molecule has 8 heteroatoms. The van der Waals surface area contributed by atoms with Gasteiger partial charge in [0.25, 0.3) is 0 Å². The van der Waals surface area contributed by atoms with Crippen LogP contribution >= 0.6 is 0 Å². The van der Waals surface area contributed by atoms with E-state index in [1.165, 1.54) is 4.90 Å². The molecule has 2 heterocycles. The van der Waals surface area contributed by atoms with Crippen LogP contribution in [0.4, 0.5) is 4.79 Å². The number of carbonyl (C=O) groups is 2. The van der Waals surface area contributed by atoms with Gasteiger partial charge in [-0.15, -0.1) is 0 Å². The molecule has 0 aromatic carbocycles. The van der Waals surface area contributed by atoms with Gasteiger partial charge in [-0.3, -0.25) is 9.69 Å². The van der Waals surface area contributed by atoms with Gasteiger partial charge in [0.05, 0.1) is 18.1 Å². The van der Waals surface area contributed by atoms with Crippen LogP contribution in [0.3, 0.4) is 0 Å². The number of carbonyl (C=O) groups excluding carboxylic acids is 2. The van der Waals surface area contributed by atoms with Crippen molar-refractivity contribution >= 4 is 21.8 Å². The van der Waals surface area contributed by atoms with Gasteiger partial charge >= 0.3 is 6.09 Å². The van der Waals surface area contributed by atoms with Gasteiger partial charge in [0.1, 0.15) is 6.54 Å². The zero-order chi connectivity index (χ0) is 14.8. The number of cyclic esters (lactones) is 1. The molecule has 1 unspecified atom stereocenters. The number of ether oxygens (including phenoxy) is 1. The highest BCUT2D eigenvalue weighted by atomic mass is 32.2. The average molecular weight is 304 g/mol. The van der Waals surface area contributed by atoms with Crippen LogP contribution in [0.1, 0.15) is 19.8 Å². The van der Waals surface area contributed by atoms with Crippen LogP contribution in [0, 0.1) is 0 Å². The molecule has 2 fully saturated rings. The van der Waals surface area contributed by atoms with Gasteiger partial charge < -0.3 is 9.64 Å². The second-order valence-corrected chi connectivity index (χ2v) is 7.35. The normalized spacial score (nSPS) is 25.4. The van der Waals surface area contributed by atoms with Crippen LogP contribution < -0.4 is 0 Å². The molecule has 0 saturated carbocycles. The fourth-order valence-corrected chi connectivity index (χ4v) is 4.39. The third kappa shape index (κ3) is 3.41. The molecule has 2 aliphatic rings. The molecule has 0 aromatic rings. The summed E-state index contributed by atoms with van der Waals surface area (Å²) in [6.07, 6.45) is 0.717. The van der Waals surface area contributed by atoms with E-state index in [0.29, 0.717) is 32.5 Å². The minimum absolute atomic E-state index is 0.0248. The zero-order valence-corrected chi connectivity index (χ0v) is 12.4. The molecular weight excluding hydrogens is 284 g/mol. The van der Waals surface area contributed by atoms with E-state index in [9.17, 15) is 18.0 Å². The maximum Gasteiger partial charge on any atom is 0.410 e. The van der Waals surface area contributed by atoms with Gasteiger partial charge in [0.15, 0.2) is 9.84 Å². The van der Waals surface area contributed by atoms with Gasteiger partial charge in [0, 0.05) is 19.1 Å². The highest BCUT2D eigenvalue weighted by Crippen LogP contribution is 2.18. The smallest absolute Gasteiger partial charge is 0.410 e. The first-order chi connectivity index (χ1) is 9.43. The van der Waals surface area contributed by atoms with E-state index >= 15 is 0 Å². The molecular formula is C12H20N2O5S. The number of hydrogen-bond acceptors (Lipinski definition) is 5. The summed E-state index contributed by atoms with van der Waals surface area (Å²) in [4.78, 5) is 26.7. The maximum atomic E-state index is 12.3. The van der Waals surface area contributed by atoms with Crippen LogP contribution in [-0.4, -0.2) is 74.0 Å². The van der Waals surface area contributed by atoms with Crippen molar-refractivity contribution in [3.05, 3.63) is 0 Å². The first kappa shape index (κ1) is 15.1. The first-order valence-corrected chi connectivity index (χ1v) is 8.66. The van der Waals surface area contributed by atoms with Gasteiger partial charge in [-0.1, -0.05) is 0 Å². The number of sulfone groups is 1. The molecule has 0 aliphatic carbocycles. The van der Waals surface area contributed by atoms with E-state index in [1.54, 1.807) is 4.90 Å². The van der Waals surface area contributed by atoms with Crippen molar-refractivity contribution in [2.75, 3.05) is 37.7 Å². The Hall–Kier alpha value is -1.31. The molecule has 2 amide bonds. The van der Waals surface area contributed by atoms with E-state index < -0.39 is 15.9 Å². The summed E-state index contributed by atoms with van der Waals surface area (Å²) >= 11 is 0. The van der Waals surface area contributed by atoms with E-state index in [1.807, 2.05) is 6.92 Å². The molecule has 20 heavy (non-hydrogen) atoms. The largest absolute Gasteiger partial charge is 0.449 e. The summed E-state index contributed by atoms with van der Waals surface area (Å²) < 4.78 is 27.9. The lowest BCUT2D eigenvalue weighted by Crippen LogP contribution is -2.49. The summed E-state index contributed by atoms with van der Waals surface area (Å²) in [5.41, 5.74) is 0. The predicted molar refractivity (Wildman–Crippen MR) is 72.0 cm³/mol. The summed E-state index contributed by atoms with van der Waals surface area (Å²) in [5, 5.41) is 0. The number of likely N-dealkylation sites (N-methyl/N-ethyl adjacent to an activating group) is 1. The van der Waals surface area contributed by atoms with Gasteiger partial charge in [0.2, 0.25) is 5.91 Å². The third-order valence-corrected chi connectivity index (χ3v) is 5.44. The standard InChI is InChI=1S/C12H20N2O5S/c1-2-14(10-4-7-20(17,18)9-10)11(15)8-13-5-3-6-19-12(13)16/h10H,2-9H2,1H3. The van der Waals surface area contributed by atoms with Crippen molar-refractivity contribution < 1.29 is 22.7 Å². The Balaban J connectivity index is 1.97. The zero-order valence-electron chi connectivity index (χ0n) is 11.6. The Morgan fingerprint density at radius 1 is 1.50 bits per heavy atom. The van der Waals surface area contributed by atoms with Gasteiger partial charge in [-0.05, 0) is 19.8 Å². The van der Waals surface area contributed by atoms with Crippen molar-refractivity contribution in [2.24, 2.45) is 0 Å². The maximum absolute atomic E-state index is 12.3. The lowest BCUT2D eigenvalue weighted by Gasteiger charge is -2.31. The lowest BCUT2D eigenvalue weighted by molar-refractivity contribution is -0.134. The van der Waals surface area contributed by atoms with E-state index in [4.69, 9.17) is 4.74 Å². The van der Waals surface area contributed by atoms with Crippen molar-refractivity contribution in [2.45, 2.75) is 25.8 Å². The van der Waals surface area contributed by atoms with Crippen molar-refractivity contribution in [1.82, 2.24) is 9.80 Å². The first-order valence-electron chi connectivity index (χ1n) is 6.84.